The molecule has 5 aliphatic rings. The molecule has 1 saturated heterocycles. The van der Waals surface area contributed by atoms with Crippen molar-refractivity contribution >= 4 is 44.9 Å². The van der Waals surface area contributed by atoms with E-state index >= 15 is 8.78 Å². The molecular weight excluding hydrogens is 763 g/mol. The first-order chi connectivity index (χ1) is 27.1. The number of sulfonamides is 1. The number of allylic oxidation sites excluding steroid dienone is 1. The number of cyclic esters (lactones) is 1. The van der Waals surface area contributed by atoms with Crippen molar-refractivity contribution in [3.8, 4) is 5.88 Å². The van der Waals surface area contributed by atoms with Crippen LogP contribution in [0.25, 0.3) is 11.0 Å². The molecule has 2 saturated carbocycles. The predicted octanol–water partition coefficient (Wildman–Crippen LogP) is 5.02. The van der Waals surface area contributed by atoms with E-state index in [0.29, 0.717) is 44.9 Å². The molecule has 1 aromatic heterocycles. The van der Waals surface area contributed by atoms with Crippen molar-refractivity contribution in [3.63, 3.8) is 0 Å². The van der Waals surface area contributed by atoms with Crippen molar-refractivity contribution in [2.24, 2.45) is 17.3 Å². The first-order valence-corrected chi connectivity index (χ1v) is 21.7. The number of nitrogens with zero attached hydrogens (tertiary/aromatic N) is 3. The molecule has 3 N–H and O–H groups in total. The van der Waals surface area contributed by atoms with Gasteiger partial charge < -0.3 is 25.0 Å². The number of alkyl carbamates (subject to hydrolysis) is 1. The maximum atomic E-state index is 16.3. The number of amides is 4. The summed E-state index contributed by atoms with van der Waals surface area (Å²) in [6.07, 6.45) is 6.97. The number of carbonyl (C=O) groups excluding carboxylic acids is 4. The molecule has 1 aromatic carbocycles. The topological polar surface area (TPSA) is 186 Å². The lowest BCUT2D eigenvalue weighted by atomic mass is 9.87. The lowest BCUT2D eigenvalue weighted by Gasteiger charge is -2.27. The van der Waals surface area contributed by atoms with E-state index in [0.717, 1.165) is 12.8 Å². The fourth-order valence-electron chi connectivity index (χ4n) is 8.04. The zero-order chi connectivity index (χ0) is 40.6. The number of carbonyl (C=O) groups is 4. The quantitative estimate of drug-likeness (QED) is 0.356. The summed E-state index contributed by atoms with van der Waals surface area (Å²) in [5, 5.41) is 4.89. The molecule has 2 aliphatic carbocycles. The molecular formula is C40H52F2N6O8S. The van der Waals surface area contributed by atoms with Crippen LogP contribution in [0.1, 0.15) is 103 Å². The van der Waals surface area contributed by atoms with Crippen LogP contribution >= 0.6 is 0 Å². The van der Waals surface area contributed by atoms with E-state index in [-0.39, 0.29) is 50.0 Å². The van der Waals surface area contributed by atoms with Gasteiger partial charge in [0.25, 0.3) is 11.8 Å². The van der Waals surface area contributed by atoms with Crippen molar-refractivity contribution in [2.75, 3.05) is 19.7 Å². The minimum absolute atomic E-state index is 0.0540. The minimum Gasteiger partial charge on any atom is -0.470 e. The summed E-state index contributed by atoms with van der Waals surface area (Å²) in [6, 6.07) is 5.50. The van der Waals surface area contributed by atoms with Crippen LogP contribution in [0.5, 0.6) is 5.88 Å². The van der Waals surface area contributed by atoms with Gasteiger partial charge in [-0.3, -0.25) is 19.1 Å². The zero-order valence-electron chi connectivity index (χ0n) is 32.4. The highest BCUT2D eigenvalue weighted by Gasteiger charge is 2.62. The summed E-state index contributed by atoms with van der Waals surface area (Å²) in [4.78, 5) is 65.9. The smallest absolute Gasteiger partial charge is 0.407 e. The van der Waals surface area contributed by atoms with E-state index in [2.05, 4.69) is 25.3 Å². The van der Waals surface area contributed by atoms with Crippen molar-refractivity contribution in [2.45, 2.75) is 126 Å². The SMILES string of the molecule is CC1(C)CCCCCC(F)(F)c2nc3ccccc3nc2O[C@H]2CN3CC2C(=O)N[C@]2(C(=O)NS(=O)(=O)C4CC4)C[C@H]2/C=C/CCCCC[C@H](NC(=O)OC1)C3=O. The van der Waals surface area contributed by atoms with Gasteiger partial charge in [-0.2, -0.15) is 8.78 Å². The summed E-state index contributed by atoms with van der Waals surface area (Å²) < 4.78 is 72.4. The van der Waals surface area contributed by atoms with E-state index in [4.69, 9.17) is 9.47 Å². The first kappa shape index (κ1) is 40.8. The van der Waals surface area contributed by atoms with Gasteiger partial charge in [0.1, 0.15) is 17.7 Å². The Bertz CT molecular complexity index is 2030. The molecule has 310 valence electrons. The second kappa shape index (κ2) is 16.1. The van der Waals surface area contributed by atoms with E-state index in [1.165, 1.54) is 4.90 Å². The highest BCUT2D eigenvalue weighted by molar-refractivity contribution is 7.91. The van der Waals surface area contributed by atoms with Crippen LogP contribution < -0.4 is 20.1 Å². The number of benzene rings is 1. The highest BCUT2D eigenvalue weighted by atomic mass is 32.2. The molecule has 17 heteroatoms. The predicted molar refractivity (Wildman–Crippen MR) is 204 cm³/mol. The van der Waals surface area contributed by atoms with Gasteiger partial charge in [0, 0.05) is 18.9 Å². The van der Waals surface area contributed by atoms with E-state index in [1.807, 2.05) is 26.0 Å². The summed E-state index contributed by atoms with van der Waals surface area (Å²) in [7, 11) is -3.96. The molecule has 3 aliphatic heterocycles. The van der Waals surface area contributed by atoms with Gasteiger partial charge in [0.2, 0.25) is 27.7 Å². The van der Waals surface area contributed by atoms with Gasteiger partial charge >= 0.3 is 6.09 Å². The van der Waals surface area contributed by atoms with Gasteiger partial charge in [0.15, 0.2) is 5.69 Å². The third-order valence-electron chi connectivity index (χ3n) is 11.8. The van der Waals surface area contributed by atoms with Crippen LogP contribution in [-0.4, -0.2) is 89.7 Å². The van der Waals surface area contributed by atoms with Gasteiger partial charge in [-0.1, -0.05) is 63.8 Å². The Labute approximate surface area is 331 Å². The Morgan fingerprint density at radius 2 is 1.67 bits per heavy atom. The molecule has 0 radical (unpaired) electrons. The molecule has 4 bridgehead atoms. The van der Waals surface area contributed by atoms with Crippen molar-refractivity contribution in [1.29, 1.82) is 0 Å². The number of aromatic nitrogens is 2. The summed E-state index contributed by atoms with van der Waals surface area (Å²) in [5.74, 6) is -7.77. The number of hydrogen-bond donors (Lipinski definition) is 3. The second-order valence-electron chi connectivity index (χ2n) is 17.1. The standard InChI is InChI=1S/C40H52F2N6O8S/c1-38(2)19-11-6-12-20-40(41,42)32-34(44-29-15-10-9-14-28(29)43-32)56-31-23-48-22-27(31)33(49)46-39(36(51)47-57(53,54)26-17-18-26)21-25(39)13-7-4-3-5-8-16-30(35(48)50)45-37(52)55-24-38/h7,9-10,13-15,25-27,30-31H,3-6,8,11-12,16-24H2,1-2H3,(H,45,52)(H,46,49)(H,47,51)/b13-7+/t25-,27?,30+,31+,39-/m1/s1. The Morgan fingerprint density at radius 1 is 0.947 bits per heavy atom. The molecule has 1 unspecified atom stereocenters. The van der Waals surface area contributed by atoms with Gasteiger partial charge in [-0.05, 0) is 68.9 Å². The number of para-hydroxylation sites is 2. The van der Waals surface area contributed by atoms with Gasteiger partial charge in [-0.15, -0.1) is 0 Å². The summed E-state index contributed by atoms with van der Waals surface area (Å²) in [5.41, 5.74) is -2.22. The zero-order valence-corrected chi connectivity index (χ0v) is 33.3. The van der Waals surface area contributed by atoms with Crippen molar-refractivity contribution in [1.82, 2.24) is 30.2 Å². The Kier molecular flexibility index (Phi) is 11.5. The maximum absolute atomic E-state index is 16.3. The van der Waals surface area contributed by atoms with Crippen molar-refractivity contribution in [3.05, 3.63) is 42.1 Å². The maximum Gasteiger partial charge on any atom is 0.407 e. The van der Waals surface area contributed by atoms with Crippen molar-refractivity contribution < 1.29 is 45.9 Å². The molecule has 4 amide bonds. The lowest BCUT2D eigenvalue weighted by Crippen LogP contribution is -2.55. The van der Waals surface area contributed by atoms with Crippen LogP contribution in [-0.2, 0) is 35.1 Å². The molecule has 0 spiro atoms. The van der Waals surface area contributed by atoms with E-state index in [1.54, 1.807) is 24.3 Å². The summed E-state index contributed by atoms with van der Waals surface area (Å²) >= 11 is 0. The van der Waals surface area contributed by atoms with Gasteiger partial charge in [0.05, 0.1) is 35.4 Å². The number of alkyl halides is 2. The summed E-state index contributed by atoms with van der Waals surface area (Å²) in [6.45, 7) is 3.42. The van der Waals surface area contributed by atoms with Crippen LogP contribution in [0.3, 0.4) is 0 Å². The molecule has 5 atom stereocenters. The third kappa shape index (κ3) is 9.33. The minimum atomic E-state index is -3.96. The number of nitrogens with one attached hydrogen (secondary N) is 3. The number of rotatable bonds is 3. The average Bonchev–Trinajstić information content (AvgIpc) is 4.09. The van der Waals surface area contributed by atoms with Gasteiger partial charge in [-0.25, -0.2) is 23.2 Å². The molecule has 3 fully saturated rings. The Hall–Kier alpha value is -4.41. The van der Waals surface area contributed by atoms with Crippen LogP contribution in [0.4, 0.5) is 13.6 Å². The second-order valence-corrected chi connectivity index (χ2v) is 19.0. The van der Waals surface area contributed by atoms with E-state index in [9.17, 15) is 27.6 Å². The Morgan fingerprint density at radius 3 is 2.42 bits per heavy atom. The fraction of sp³-hybridized carbons (Fsp3) is 0.650. The highest BCUT2D eigenvalue weighted by Crippen LogP contribution is 2.46. The first-order valence-electron chi connectivity index (χ1n) is 20.2. The third-order valence-corrected chi connectivity index (χ3v) is 13.6. The molecule has 7 rings (SSSR count). The number of ether oxygens (including phenoxy) is 2. The van der Waals surface area contributed by atoms with Crippen LogP contribution in [0.2, 0.25) is 0 Å². The van der Waals surface area contributed by atoms with Crippen LogP contribution in [0, 0.1) is 17.3 Å². The molecule has 14 nitrogen and oxygen atoms in total. The Balaban J connectivity index is 1.27. The number of fused-ring (bicyclic) bond motifs is 7. The molecule has 2 aromatic rings. The monoisotopic (exact) mass is 814 g/mol. The number of halogens is 2. The normalized spacial score (nSPS) is 30.6. The number of hydrogen-bond acceptors (Lipinski definition) is 10. The lowest BCUT2D eigenvalue weighted by molar-refractivity contribution is -0.134. The van der Waals surface area contributed by atoms with E-state index < -0.39 is 97.9 Å². The van der Waals surface area contributed by atoms with Crippen LogP contribution in [0.15, 0.2) is 36.4 Å². The fourth-order valence-corrected chi connectivity index (χ4v) is 9.40. The molecule has 4 heterocycles. The molecule has 57 heavy (non-hydrogen) atoms. The average molecular weight is 815 g/mol. The largest absolute Gasteiger partial charge is 0.470 e.